The van der Waals surface area contributed by atoms with E-state index >= 15 is 0 Å². The van der Waals surface area contributed by atoms with Gasteiger partial charge in [0.1, 0.15) is 11.4 Å². The number of urea groups is 1. The Morgan fingerprint density at radius 1 is 1.52 bits per heavy atom. The van der Waals surface area contributed by atoms with Gasteiger partial charge in [0.15, 0.2) is 0 Å². The minimum absolute atomic E-state index is 0.104. The van der Waals surface area contributed by atoms with Crippen LogP contribution in [0.1, 0.15) is 39.4 Å². The minimum Gasteiger partial charge on any atom is -0.466 e. The lowest BCUT2D eigenvalue weighted by molar-refractivity contribution is 0.0367. The van der Waals surface area contributed by atoms with E-state index in [2.05, 4.69) is 29.4 Å². The number of rotatable bonds is 7. The molecule has 6 heteroatoms. The van der Waals surface area contributed by atoms with Crippen molar-refractivity contribution in [1.82, 2.24) is 15.5 Å². The molecule has 1 unspecified atom stereocenters. The Hall–Kier alpha value is -1.53. The molecule has 0 aromatic carbocycles. The zero-order valence-electron chi connectivity index (χ0n) is 14.3. The molecule has 23 heavy (non-hydrogen) atoms. The van der Waals surface area contributed by atoms with Gasteiger partial charge in [-0.25, -0.2) is 4.79 Å². The second-order valence-electron chi connectivity index (χ2n) is 7.00. The number of carbonyl (C=O) groups excluding carboxylic acids is 1. The van der Waals surface area contributed by atoms with Crippen LogP contribution in [0.3, 0.4) is 0 Å². The maximum absolute atomic E-state index is 12.0. The van der Waals surface area contributed by atoms with Gasteiger partial charge in [-0.05, 0) is 44.4 Å². The molecule has 2 heterocycles. The summed E-state index contributed by atoms with van der Waals surface area (Å²) in [5, 5.41) is 15.9. The third-order valence-electron chi connectivity index (χ3n) is 4.24. The maximum Gasteiger partial charge on any atom is 0.314 e. The number of nitrogens with one attached hydrogen (secondary N) is 2. The average molecular weight is 323 g/mol. The largest absolute Gasteiger partial charge is 0.466 e. The molecule has 6 nitrogen and oxygen atoms in total. The van der Waals surface area contributed by atoms with Gasteiger partial charge in [0.05, 0.1) is 12.8 Å². The number of amides is 2. The summed E-state index contributed by atoms with van der Waals surface area (Å²) < 4.78 is 5.19. The van der Waals surface area contributed by atoms with Crippen LogP contribution in [0.4, 0.5) is 4.79 Å². The van der Waals surface area contributed by atoms with Crippen molar-refractivity contribution >= 4 is 6.03 Å². The van der Waals surface area contributed by atoms with Gasteiger partial charge in [-0.1, -0.05) is 13.8 Å². The average Bonchev–Trinajstić information content (AvgIpc) is 3.14. The molecule has 1 aromatic heterocycles. The van der Waals surface area contributed by atoms with E-state index in [-0.39, 0.29) is 12.6 Å². The zero-order valence-corrected chi connectivity index (χ0v) is 14.3. The lowest BCUT2D eigenvalue weighted by Crippen LogP contribution is -2.47. The molecule has 1 saturated heterocycles. The van der Waals surface area contributed by atoms with Gasteiger partial charge in [-0.2, -0.15) is 0 Å². The summed E-state index contributed by atoms with van der Waals surface area (Å²) in [4.78, 5) is 14.4. The maximum atomic E-state index is 12.0. The topological polar surface area (TPSA) is 77.7 Å². The SMILES string of the molecule is CC(C)CN1CCC[C@H]1CNC(=O)NCC(C)(O)c1ccco1. The van der Waals surface area contributed by atoms with Crippen LogP contribution in [0.2, 0.25) is 0 Å². The van der Waals surface area contributed by atoms with Crippen LogP contribution >= 0.6 is 0 Å². The quantitative estimate of drug-likeness (QED) is 0.716. The molecule has 1 fully saturated rings. The van der Waals surface area contributed by atoms with Gasteiger partial charge in [0.25, 0.3) is 0 Å². The molecule has 0 spiro atoms. The fraction of sp³-hybridized carbons (Fsp3) is 0.706. The van der Waals surface area contributed by atoms with Gasteiger partial charge in [0.2, 0.25) is 0 Å². The first-order valence-corrected chi connectivity index (χ1v) is 8.40. The molecule has 0 saturated carbocycles. The molecule has 0 bridgehead atoms. The van der Waals surface area contributed by atoms with Crippen molar-refractivity contribution in [2.75, 3.05) is 26.2 Å². The molecular formula is C17H29N3O3. The summed E-state index contributed by atoms with van der Waals surface area (Å²) in [5.74, 6) is 1.07. The Morgan fingerprint density at radius 3 is 2.96 bits per heavy atom. The van der Waals surface area contributed by atoms with E-state index in [1.54, 1.807) is 19.1 Å². The van der Waals surface area contributed by atoms with Gasteiger partial charge in [0, 0.05) is 19.1 Å². The molecule has 0 aliphatic carbocycles. The molecule has 0 radical (unpaired) electrons. The number of nitrogens with zero attached hydrogens (tertiary/aromatic N) is 1. The molecule has 130 valence electrons. The van der Waals surface area contributed by atoms with E-state index in [0.29, 0.717) is 24.3 Å². The van der Waals surface area contributed by atoms with Crippen LogP contribution in [0.25, 0.3) is 0 Å². The van der Waals surface area contributed by atoms with E-state index in [0.717, 1.165) is 19.5 Å². The van der Waals surface area contributed by atoms with Crippen molar-refractivity contribution in [2.24, 2.45) is 5.92 Å². The Bertz CT molecular complexity index is 485. The van der Waals surface area contributed by atoms with Gasteiger partial charge >= 0.3 is 6.03 Å². The number of likely N-dealkylation sites (tertiary alicyclic amines) is 1. The Balaban J connectivity index is 1.73. The number of hydrogen-bond acceptors (Lipinski definition) is 4. The van der Waals surface area contributed by atoms with Gasteiger partial charge in [-0.15, -0.1) is 0 Å². The normalized spacial score (nSPS) is 21.3. The number of carbonyl (C=O) groups is 1. The summed E-state index contributed by atoms with van der Waals surface area (Å²) in [7, 11) is 0. The Morgan fingerprint density at radius 2 is 2.30 bits per heavy atom. The van der Waals surface area contributed by atoms with Crippen molar-refractivity contribution in [3.05, 3.63) is 24.2 Å². The lowest BCUT2D eigenvalue weighted by atomic mass is 10.0. The van der Waals surface area contributed by atoms with Crippen LogP contribution in [-0.4, -0.2) is 48.3 Å². The monoisotopic (exact) mass is 323 g/mol. The molecule has 1 aliphatic heterocycles. The minimum atomic E-state index is -1.21. The number of hydrogen-bond donors (Lipinski definition) is 3. The first-order chi connectivity index (χ1) is 10.9. The lowest BCUT2D eigenvalue weighted by Gasteiger charge is -2.26. The molecule has 2 rings (SSSR count). The van der Waals surface area contributed by atoms with E-state index in [1.165, 1.54) is 12.7 Å². The van der Waals surface area contributed by atoms with Crippen LogP contribution in [0.5, 0.6) is 0 Å². The fourth-order valence-corrected chi connectivity index (χ4v) is 3.03. The van der Waals surface area contributed by atoms with Crippen LogP contribution in [0, 0.1) is 5.92 Å². The highest BCUT2D eigenvalue weighted by Crippen LogP contribution is 2.20. The standard InChI is InChI=1S/C17H29N3O3/c1-13(2)11-20-8-4-6-14(20)10-18-16(21)19-12-17(3,22)15-7-5-9-23-15/h5,7,9,13-14,22H,4,6,8,10-12H2,1-3H3,(H2,18,19,21)/t14-,17?/m0/s1. The van der Waals surface area contributed by atoms with Crippen molar-refractivity contribution in [3.63, 3.8) is 0 Å². The van der Waals surface area contributed by atoms with Crippen molar-refractivity contribution < 1.29 is 14.3 Å². The van der Waals surface area contributed by atoms with Gasteiger partial charge in [-0.3, -0.25) is 4.90 Å². The first-order valence-electron chi connectivity index (χ1n) is 8.40. The van der Waals surface area contributed by atoms with Gasteiger partial charge < -0.3 is 20.2 Å². The van der Waals surface area contributed by atoms with E-state index in [1.807, 2.05) is 0 Å². The summed E-state index contributed by atoms with van der Waals surface area (Å²) in [6, 6.07) is 3.57. The predicted molar refractivity (Wildman–Crippen MR) is 89.1 cm³/mol. The van der Waals surface area contributed by atoms with E-state index in [9.17, 15) is 9.90 Å². The van der Waals surface area contributed by atoms with Crippen molar-refractivity contribution in [2.45, 2.75) is 45.3 Å². The summed E-state index contributed by atoms with van der Waals surface area (Å²) in [5.41, 5.74) is -1.21. The molecule has 3 N–H and O–H groups in total. The van der Waals surface area contributed by atoms with Crippen molar-refractivity contribution in [3.8, 4) is 0 Å². The predicted octanol–water partition coefficient (Wildman–Crippen LogP) is 1.91. The van der Waals surface area contributed by atoms with E-state index in [4.69, 9.17) is 4.42 Å². The molecule has 2 amide bonds. The molecule has 2 atom stereocenters. The van der Waals surface area contributed by atoms with Crippen LogP contribution in [0.15, 0.2) is 22.8 Å². The smallest absolute Gasteiger partial charge is 0.314 e. The second kappa shape index (κ2) is 7.84. The highest BCUT2D eigenvalue weighted by molar-refractivity contribution is 5.73. The Labute approximate surface area is 138 Å². The van der Waals surface area contributed by atoms with Crippen LogP contribution < -0.4 is 10.6 Å². The second-order valence-corrected chi connectivity index (χ2v) is 7.00. The number of furan rings is 1. The number of aliphatic hydroxyl groups is 1. The zero-order chi connectivity index (χ0) is 16.9. The summed E-state index contributed by atoms with van der Waals surface area (Å²) >= 11 is 0. The Kier molecular flexibility index (Phi) is 6.07. The molecular weight excluding hydrogens is 294 g/mol. The molecule has 1 aromatic rings. The van der Waals surface area contributed by atoms with E-state index < -0.39 is 5.60 Å². The highest BCUT2D eigenvalue weighted by atomic mass is 16.4. The summed E-state index contributed by atoms with van der Waals surface area (Å²) in [6.45, 7) is 8.97. The highest BCUT2D eigenvalue weighted by Gasteiger charge is 2.28. The third kappa shape index (κ3) is 5.25. The first kappa shape index (κ1) is 17.8. The molecule has 1 aliphatic rings. The summed E-state index contributed by atoms with van der Waals surface area (Å²) in [6.07, 6.45) is 3.82. The van der Waals surface area contributed by atoms with Crippen molar-refractivity contribution in [1.29, 1.82) is 0 Å². The fourth-order valence-electron chi connectivity index (χ4n) is 3.03. The van der Waals surface area contributed by atoms with Crippen LogP contribution in [-0.2, 0) is 5.60 Å². The third-order valence-corrected chi connectivity index (χ3v) is 4.24.